The molecule has 0 saturated carbocycles. The highest BCUT2D eigenvalue weighted by molar-refractivity contribution is 5.94. The van der Waals surface area contributed by atoms with Gasteiger partial charge >= 0.3 is 0 Å². The second kappa shape index (κ2) is 5.14. The highest BCUT2D eigenvalue weighted by Gasteiger charge is 2.11. The summed E-state index contributed by atoms with van der Waals surface area (Å²) in [7, 11) is 1.88. The zero-order valence-corrected chi connectivity index (χ0v) is 11.3. The van der Waals surface area contributed by atoms with Crippen LogP contribution >= 0.6 is 0 Å². The van der Waals surface area contributed by atoms with Gasteiger partial charge in [-0.2, -0.15) is 5.10 Å². The highest BCUT2D eigenvalue weighted by Crippen LogP contribution is 2.12. The summed E-state index contributed by atoms with van der Waals surface area (Å²) in [4.78, 5) is 11.9. The van der Waals surface area contributed by atoms with E-state index in [1.807, 2.05) is 20.9 Å². The Kier molecular flexibility index (Phi) is 3.55. The molecule has 0 fully saturated rings. The number of aryl methyl sites for hydroxylation is 2. The normalized spacial score (nSPS) is 10.5. The Morgan fingerprint density at radius 2 is 1.95 bits per heavy atom. The molecule has 0 aliphatic rings. The molecule has 0 atom stereocenters. The summed E-state index contributed by atoms with van der Waals surface area (Å²) in [5.41, 5.74) is 3.53. The maximum atomic E-state index is 11.9. The number of amides is 1. The van der Waals surface area contributed by atoms with E-state index in [0.29, 0.717) is 12.1 Å². The van der Waals surface area contributed by atoms with Crippen molar-refractivity contribution in [3.05, 3.63) is 46.8 Å². The Hall–Kier alpha value is -2.30. The Morgan fingerprint density at radius 1 is 1.32 bits per heavy atom. The first-order valence-electron chi connectivity index (χ1n) is 6.05. The zero-order chi connectivity index (χ0) is 14.0. The van der Waals surface area contributed by atoms with Crippen LogP contribution in [0.1, 0.15) is 27.3 Å². The van der Waals surface area contributed by atoms with E-state index in [0.717, 1.165) is 17.0 Å². The van der Waals surface area contributed by atoms with Gasteiger partial charge in [0.25, 0.3) is 5.91 Å². The van der Waals surface area contributed by atoms with Crippen molar-refractivity contribution in [2.45, 2.75) is 20.4 Å². The monoisotopic (exact) mass is 259 g/mol. The van der Waals surface area contributed by atoms with Crippen LogP contribution in [0.15, 0.2) is 24.3 Å². The summed E-state index contributed by atoms with van der Waals surface area (Å²) in [6.07, 6.45) is 0. The molecule has 1 aromatic carbocycles. The van der Waals surface area contributed by atoms with Gasteiger partial charge in [-0.3, -0.25) is 9.48 Å². The lowest BCUT2D eigenvalue weighted by Crippen LogP contribution is -2.23. The zero-order valence-electron chi connectivity index (χ0n) is 11.3. The van der Waals surface area contributed by atoms with Crippen molar-refractivity contribution < 1.29 is 9.90 Å². The number of carbonyl (C=O) groups excluding carboxylic acids is 1. The third-order valence-electron chi connectivity index (χ3n) is 3.21. The summed E-state index contributed by atoms with van der Waals surface area (Å²) in [5, 5.41) is 16.3. The molecule has 19 heavy (non-hydrogen) atoms. The van der Waals surface area contributed by atoms with E-state index in [4.69, 9.17) is 0 Å². The van der Waals surface area contributed by atoms with Crippen LogP contribution in [0.5, 0.6) is 5.75 Å². The van der Waals surface area contributed by atoms with Gasteiger partial charge in [-0.15, -0.1) is 0 Å². The van der Waals surface area contributed by atoms with E-state index in [9.17, 15) is 9.90 Å². The topological polar surface area (TPSA) is 67.2 Å². The van der Waals surface area contributed by atoms with E-state index >= 15 is 0 Å². The summed E-state index contributed by atoms with van der Waals surface area (Å²) in [6.45, 7) is 4.35. The number of aromatic nitrogens is 2. The predicted octanol–water partition coefficient (Wildman–Crippen LogP) is 1.67. The minimum absolute atomic E-state index is 0.149. The second-order valence-electron chi connectivity index (χ2n) is 4.50. The number of benzene rings is 1. The van der Waals surface area contributed by atoms with Crippen LogP contribution in [0.4, 0.5) is 0 Å². The molecular weight excluding hydrogens is 242 g/mol. The second-order valence-corrected chi connectivity index (χ2v) is 4.50. The molecule has 5 heteroatoms. The molecule has 2 rings (SSSR count). The van der Waals surface area contributed by atoms with E-state index in [1.54, 1.807) is 16.8 Å². The predicted molar refractivity (Wildman–Crippen MR) is 72.0 cm³/mol. The molecule has 0 saturated heterocycles. The van der Waals surface area contributed by atoms with E-state index in [1.165, 1.54) is 12.1 Å². The smallest absolute Gasteiger partial charge is 0.251 e. The van der Waals surface area contributed by atoms with Gasteiger partial charge in [0.2, 0.25) is 0 Å². The lowest BCUT2D eigenvalue weighted by atomic mass is 10.1. The SMILES string of the molecule is Cc1nn(C)c(C)c1CNC(=O)c1ccc(O)cc1. The summed E-state index contributed by atoms with van der Waals surface area (Å²) >= 11 is 0. The van der Waals surface area contributed by atoms with Gasteiger partial charge in [-0.05, 0) is 38.1 Å². The van der Waals surface area contributed by atoms with Gasteiger partial charge in [0.1, 0.15) is 5.75 Å². The van der Waals surface area contributed by atoms with Gasteiger partial charge in [0, 0.05) is 30.4 Å². The number of phenolic OH excluding ortho intramolecular Hbond substituents is 1. The van der Waals surface area contributed by atoms with Crippen LogP contribution < -0.4 is 5.32 Å². The Bertz CT molecular complexity index is 600. The van der Waals surface area contributed by atoms with Gasteiger partial charge in [0.15, 0.2) is 0 Å². The lowest BCUT2D eigenvalue weighted by molar-refractivity contribution is 0.0951. The molecule has 1 aromatic heterocycles. The Morgan fingerprint density at radius 3 is 2.47 bits per heavy atom. The van der Waals surface area contributed by atoms with Crippen LogP contribution in [-0.2, 0) is 13.6 Å². The third kappa shape index (κ3) is 2.76. The Labute approximate surface area is 111 Å². The molecule has 0 radical (unpaired) electrons. The summed E-state index contributed by atoms with van der Waals surface area (Å²) in [6, 6.07) is 6.17. The number of hydrogen-bond donors (Lipinski definition) is 2. The number of hydrogen-bond acceptors (Lipinski definition) is 3. The molecule has 1 amide bonds. The molecule has 1 heterocycles. The molecule has 0 aliphatic heterocycles. The molecule has 0 aliphatic carbocycles. The molecule has 0 unspecified atom stereocenters. The molecule has 2 aromatic rings. The number of aromatic hydroxyl groups is 1. The number of nitrogens with zero attached hydrogens (tertiary/aromatic N) is 2. The maximum absolute atomic E-state index is 11.9. The van der Waals surface area contributed by atoms with Crippen molar-refractivity contribution in [2.75, 3.05) is 0 Å². The minimum Gasteiger partial charge on any atom is -0.508 e. The first-order chi connectivity index (χ1) is 8.99. The fraction of sp³-hybridized carbons (Fsp3) is 0.286. The minimum atomic E-state index is -0.164. The molecule has 100 valence electrons. The molecule has 0 spiro atoms. The van der Waals surface area contributed by atoms with E-state index in [-0.39, 0.29) is 11.7 Å². The third-order valence-corrected chi connectivity index (χ3v) is 3.21. The van der Waals surface area contributed by atoms with Gasteiger partial charge in [0.05, 0.1) is 5.69 Å². The first kappa shape index (κ1) is 13.1. The van der Waals surface area contributed by atoms with Crippen molar-refractivity contribution >= 4 is 5.91 Å². The van der Waals surface area contributed by atoms with Gasteiger partial charge in [-0.25, -0.2) is 0 Å². The first-order valence-corrected chi connectivity index (χ1v) is 6.05. The molecule has 2 N–H and O–H groups in total. The van der Waals surface area contributed by atoms with Gasteiger partial charge in [-0.1, -0.05) is 0 Å². The largest absolute Gasteiger partial charge is 0.508 e. The lowest BCUT2D eigenvalue weighted by Gasteiger charge is -2.06. The highest BCUT2D eigenvalue weighted by atomic mass is 16.3. The maximum Gasteiger partial charge on any atom is 0.251 e. The van der Waals surface area contributed by atoms with Crippen molar-refractivity contribution in [1.82, 2.24) is 15.1 Å². The van der Waals surface area contributed by atoms with Crippen LogP contribution in [0.25, 0.3) is 0 Å². The summed E-state index contributed by atoms with van der Waals surface area (Å²) in [5.74, 6) is -0.0156. The van der Waals surface area contributed by atoms with Crippen molar-refractivity contribution in [3.63, 3.8) is 0 Å². The van der Waals surface area contributed by atoms with Crippen LogP contribution in [-0.4, -0.2) is 20.8 Å². The van der Waals surface area contributed by atoms with E-state index in [2.05, 4.69) is 10.4 Å². The fourth-order valence-corrected chi connectivity index (χ4v) is 1.96. The van der Waals surface area contributed by atoms with Crippen molar-refractivity contribution in [2.24, 2.45) is 7.05 Å². The van der Waals surface area contributed by atoms with E-state index < -0.39 is 0 Å². The number of phenols is 1. The number of rotatable bonds is 3. The van der Waals surface area contributed by atoms with Crippen LogP contribution in [0.2, 0.25) is 0 Å². The standard InChI is InChI=1S/C14H17N3O2/c1-9-13(10(2)17(3)16-9)8-15-14(19)11-4-6-12(18)7-5-11/h4-7,18H,8H2,1-3H3,(H,15,19). The molecule has 0 bridgehead atoms. The number of carbonyl (C=O) groups is 1. The van der Waals surface area contributed by atoms with Crippen molar-refractivity contribution in [1.29, 1.82) is 0 Å². The van der Waals surface area contributed by atoms with Crippen molar-refractivity contribution in [3.8, 4) is 5.75 Å². The summed E-state index contributed by atoms with van der Waals surface area (Å²) < 4.78 is 1.80. The molecular formula is C14H17N3O2. The van der Waals surface area contributed by atoms with Crippen LogP contribution in [0.3, 0.4) is 0 Å². The molecule has 5 nitrogen and oxygen atoms in total. The average molecular weight is 259 g/mol. The fourth-order valence-electron chi connectivity index (χ4n) is 1.96. The van der Waals surface area contributed by atoms with Gasteiger partial charge < -0.3 is 10.4 Å². The quantitative estimate of drug-likeness (QED) is 0.881. The Balaban J connectivity index is 2.06. The van der Waals surface area contributed by atoms with Crippen LogP contribution in [0, 0.1) is 13.8 Å². The average Bonchev–Trinajstić information content (AvgIpc) is 2.62. The number of nitrogens with one attached hydrogen (secondary N) is 1.